The quantitative estimate of drug-likeness (QED) is 0.836. The van der Waals surface area contributed by atoms with Gasteiger partial charge in [-0.15, -0.1) is 11.8 Å². The van der Waals surface area contributed by atoms with Gasteiger partial charge in [-0.05, 0) is 48.2 Å². The molecule has 4 nitrogen and oxygen atoms in total. The van der Waals surface area contributed by atoms with Gasteiger partial charge in [0, 0.05) is 30.0 Å². The second kappa shape index (κ2) is 7.70. The summed E-state index contributed by atoms with van der Waals surface area (Å²) in [7, 11) is 0. The van der Waals surface area contributed by atoms with Crippen molar-refractivity contribution < 1.29 is 14.0 Å². The van der Waals surface area contributed by atoms with Crippen LogP contribution in [0.5, 0.6) is 0 Å². The van der Waals surface area contributed by atoms with E-state index >= 15 is 0 Å². The lowest BCUT2D eigenvalue weighted by Gasteiger charge is -2.17. The fourth-order valence-electron chi connectivity index (χ4n) is 2.84. The minimum Gasteiger partial charge on any atom is -0.347 e. The van der Waals surface area contributed by atoms with E-state index in [1.54, 1.807) is 40.9 Å². The summed E-state index contributed by atoms with van der Waals surface area (Å²) in [5, 5.41) is 2.92. The number of carbonyl (C=O) groups excluding carboxylic acids is 2. The van der Waals surface area contributed by atoms with Gasteiger partial charge in [0.1, 0.15) is 5.82 Å². The van der Waals surface area contributed by atoms with Crippen LogP contribution in [0.25, 0.3) is 0 Å². The molecule has 3 rings (SSSR count). The fraction of sp³-hybridized carbons (Fsp3) is 0.263. The summed E-state index contributed by atoms with van der Waals surface area (Å²) in [6.45, 7) is 0.888. The summed E-state index contributed by atoms with van der Waals surface area (Å²) in [5.74, 6) is -0.476. The Morgan fingerprint density at radius 3 is 2.52 bits per heavy atom. The topological polar surface area (TPSA) is 49.4 Å². The molecule has 2 aromatic carbocycles. The third kappa shape index (κ3) is 4.39. The van der Waals surface area contributed by atoms with Crippen molar-refractivity contribution in [3.63, 3.8) is 0 Å². The number of hydrogen-bond acceptors (Lipinski definition) is 3. The Labute approximate surface area is 150 Å². The summed E-state index contributed by atoms with van der Waals surface area (Å²) in [6, 6.07) is 13.3. The molecule has 0 spiro atoms. The summed E-state index contributed by atoms with van der Waals surface area (Å²) >= 11 is 1.62. The van der Waals surface area contributed by atoms with E-state index in [0.29, 0.717) is 18.7 Å². The number of rotatable bonds is 5. The molecule has 0 radical (unpaired) electrons. The van der Waals surface area contributed by atoms with Crippen molar-refractivity contribution in [2.45, 2.75) is 23.9 Å². The van der Waals surface area contributed by atoms with Crippen LogP contribution in [0.1, 0.15) is 22.3 Å². The van der Waals surface area contributed by atoms with Crippen LogP contribution < -0.4 is 5.32 Å². The van der Waals surface area contributed by atoms with Gasteiger partial charge in [0.15, 0.2) is 0 Å². The lowest BCUT2D eigenvalue weighted by Crippen LogP contribution is -2.37. The Hall–Kier alpha value is -2.34. The first-order chi connectivity index (χ1) is 12.0. The molecule has 0 saturated carbocycles. The van der Waals surface area contributed by atoms with E-state index in [-0.39, 0.29) is 30.1 Å². The number of carbonyl (C=O) groups is 2. The number of nitrogens with zero attached hydrogens (tertiary/aromatic N) is 1. The van der Waals surface area contributed by atoms with Crippen molar-refractivity contribution in [2.75, 3.05) is 12.8 Å². The zero-order chi connectivity index (χ0) is 17.8. The van der Waals surface area contributed by atoms with Gasteiger partial charge in [0.2, 0.25) is 5.91 Å². The first kappa shape index (κ1) is 17.5. The molecule has 0 aliphatic carbocycles. The van der Waals surface area contributed by atoms with Crippen molar-refractivity contribution in [1.29, 1.82) is 0 Å². The van der Waals surface area contributed by atoms with E-state index in [9.17, 15) is 14.0 Å². The maximum Gasteiger partial charge on any atom is 0.251 e. The van der Waals surface area contributed by atoms with E-state index < -0.39 is 0 Å². The Morgan fingerprint density at radius 2 is 1.88 bits per heavy atom. The number of nitrogens with one attached hydrogen (secondary N) is 1. The Kier molecular flexibility index (Phi) is 5.38. The molecule has 1 aliphatic heterocycles. The van der Waals surface area contributed by atoms with Gasteiger partial charge in [0.05, 0.1) is 6.04 Å². The van der Waals surface area contributed by atoms with Gasteiger partial charge in [-0.25, -0.2) is 4.39 Å². The molecule has 1 heterocycles. The largest absolute Gasteiger partial charge is 0.347 e. The predicted molar refractivity (Wildman–Crippen MR) is 95.9 cm³/mol. The van der Waals surface area contributed by atoms with Crippen LogP contribution in [-0.2, 0) is 11.3 Å². The van der Waals surface area contributed by atoms with Gasteiger partial charge in [-0.2, -0.15) is 0 Å². The SMILES string of the molecule is CSc1ccc(C(=O)N[C@H]2CC(=O)N(Cc3ccc(F)cc3)C2)cc1. The Balaban J connectivity index is 1.58. The molecule has 130 valence electrons. The van der Waals surface area contributed by atoms with Crippen molar-refractivity contribution in [3.8, 4) is 0 Å². The standard InChI is InChI=1S/C19H19FN2O2S/c1-25-17-8-4-14(5-9-17)19(24)21-16-10-18(23)22(12-16)11-13-2-6-15(20)7-3-13/h2-9,16H,10-12H2,1H3,(H,21,24)/t16-/m0/s1. The average Bonchev–Trinajstić information content (AvgIpc) is 2.96. The lowest BCUT2D eigenvalue weighted by atomic mass is 10.2. The second-order valence-corrected chi connectivity index (χ2v) is 6.88. The molecule has 1 N–H and O–H groups in total. The Morgan fingerprint density at radius 1 is 1.20 bits per heavy atom. The maximum absolute atomic E-state index is 13.0. The van der Waals surface area contributed by atoms with Crippen molar-refractivity contribution >= 4 is 23.6 Å². The van der Waals surface area contributed by atoms with Gasteiger partial charge >= 0.3 is 0 Å². The predicted octanol–water partition coefficient (Wildman–Crippen LogP) is 3.08. The van der Waals surface area contributed by atoms with E-state index in [1.165, 1.54) is 12.1 Å². The summed E-state index contributed by atoms with van der Waals surface area (Å²) in [5.41, 5.74) is 1.46. The molecule has 1 fully saturated rings. The lowest BCUT2D eigenvalue weighted by molar-refractivity contribution is -0.128. The number of likely N-dealkylation sites (tertiary alicyclic amines) is 1. The van der Waals surface area contributed by atoms with Gasteiger partial charge in [0.25, 0.3) is 5.91 Å². The van der Waals surface area contributed by atoms with Crippen molar-refractivity contribution in [3.05, 3.63) is 65.5 Å². The molecule has 0 unspecified atom stereocenters. The molecule has 1 atom stereocenters. The highest BCUT2D eigenvalue weighted by molar-refractivity contribution is 7.98. The van der Waals surface area contributed by atoms with E-state index in [2.05, 4.69) is 5.32 Å². The normalized spacial score (nSPS) is 17.0. The van der Waals surface area contributed by atoms with Crippen LogP contribution >= 0.6 is 11.8 Å². The maximum atomic E-state index is 13.0. The Bertz CT molecular complexity index is 762. The summed E-state index contributed by atoms with van der Waals surface area (Å²) in [6.07, 6.45) is 2.27. The van der Waals surface area contributed by atoms with E-state index in [1.807, 2.05) is 18.4 Å². The number of halogens is 1. The van der Waals surface area contributed by atoms with Crippen LogP contribution in [0, 0.1) is 5.82 Å². The molecule has 2 aromatic rings. The summed E-state index contributed by atoms with van der Waals surface area (Å²) in [4.78, 5) is 27.3. The minimum absolute atomic E-state index is 0.00708. The number of thioether (sulfide) groups is 1. The fourth-order valence-corrected chi connectivity index (χ4v) is 3.25. The molecule has 0 bridgehead atoms. The van der Waals surface area contributed by atoms with E-state index in [0.717, 1.165) is 10.5 Å². The van der Waals surface area contributed by atoms with E-state index in [4.69, 9.17) is 0 Å². The molecular weight excluding hydrogens is 339 g/mol. The highest BCUT2D eigenvalue weighted by Gasteiger charge is 2.30. The first-order valence-electron chi connectivity index (χ1n) is 8.02. The third-order valence-electron chi connectivity index (χ3n) is 4.19. The highest BCUT2D eigenvalue weighted by Crippen LogP contribution is 2.17. The number of benzene rings is 2. The minimum atomic E-state index is -0.297. The van der Waals surface area contributed by atoms with Crippen molar-refractivity contribution in [1.82, 2.24) is 10.2 Å². The molecule has 1 saturated heterocycles. The number of hydrogen-bond donors (Lipinski definition) is 1. The average molecular weight is 358 g/mol. The van der Waals surface area contributed by atoms with Crippen LogP contribution in [0.2, 0.25) is 0 Å². The monoisotopic (exact) mass is 358 g/mol. The molecule has 1 aliphatic rings. The zero-order valence-corrected chi connectivity index (χ0v) is 14.7. The third-order valence-corrected chi connectivity index (χ3v) is 4.93. The smallest absolute Gasteiger partial charge is 0.251 e. The van der Waals surface area contributed by atoms with Gasteiger partial charge in [-0.3, -0.25) is 9.59 Å². The second-order valence-electron chi connectivity index (χ2n) is 6.00. The van der Waals surface area contributed by atoms with Gasteiger partial charge in [-0.1, -0.05) is 12.1 Å². The van der Waals surface area contributed by atoms with Crippen LogP contribution in [0.15, 0.2) is 53.4 Å². The molecule has 2 amide bonds. The van der Waals surface area contributed by atoms with Crippen LogP contribution in [0.4, 0.5) is 4.39 Å². The highest BCUT2D eigenvalue weighted by atomic mass is 32.2. The molecule has 6 heteroatoms. The summed E-state index contributed by atoms with van der Waals surface area (Å²) < 4.78 is 13.0. The van der Waals surface area contributed by atoms with Crippen LogP contribution in [0.3, 0.4) is 0 Å². The van der Waals surface area contributed by atoms with Crippen molar-refractivity contribution in [2.24, 2.45) is 0 Å². The molecule has 0 aromatic heterocycles. The zero-order valence-electron chi connectivity index (χ0n) is 13.9. The first-order valence-corrected chi connectivity index (χ1v) is 9.25. The van der Waals surface area contributed by atoms with Crippen LogP contribution in [-0.4, -0.2) is 35.6 Å². The molecular formula is C19H19FN2O2S. The number of amides is 2. The van der Waals surface area contributed by atoms with Gasteiger partial charge < -0.3 is 10.2 Å². The molecule has 25 heavy (non-hydrogen) atoms.